The molecule has 0 radical (unpaired) electrons. The zero-order chi connectivity index (χ0) is 18.7. The quantitative estimate of drug-likeness (QED) is 0.659. The number of carbonyl (C=O) groups excluding carboxylic acids is 1. The molecule has 2 heterocycles. The van der Waals surface area contributed by atoms with Gasteiger partial charge in [0.25, 0.3) is 10.1 Å². The van der Waals surface area contributed by atoms with Gasteiger partial charge in [0.05, 0.1) is 43.1 Å². The Morgan fingerprint density at radius 2 is 2.08 bits per heavy atom. The number of anilines is 2. The second kappa shape index (κ2) is 7.99. The van der Waals surface area contributed by atoms with Crippen molar-refractivity contribution in [2.45, 2.75) is 6.10 Å². The highest BCUT2D eigenvalue weighted by atomic mass is 32.3. The molecular formula is C15H19FN2O6S2. The smallest absolute Gasteiger partial charge is 0.414 e. The summed E-state index contributed by atoms with van der Waals surface area (Å²) in [5, 5.41) is 0. The maximum atomic E-state index is 14.5. The van der Waals surface area contributed by atoms with Gasteiger partial charge in [0.1, 0.15) is 11.9 Å². The summed E-state index contributed by atoms with van der Waals surface area (Å²) >= 11 is 0.697. The van der Waals surface area contributed by atoms with Crippen molar-refractivity contribution in [2.75, 3.05) is 54.7 Å². The number of rotatable bonds is 6. The second-order valence-electron chi connectivity index (χ2n) is 5.91. The highest BCUT2D eigenvalue weighted by Gasteiger charge is 2.33. The zero-order valence-electron chi connectivity index (χ0n) is 14.1. The Morgan fingerprint density at radius 3 is 2.73 bits per heavy atom. The molecular weight excluding hydrogens is 387 g/mol. The molecule has 1 atom stereocenters. The van der Waals surface area contributed by atoms with E-state index in [0.717, 1.165) is 6.26 Å². The molecule has 1 aromatic carbocycles. The van der Waals surface area contributed by atoms with E-state index in [4.69, 9.17) is 9.47 Å². The highest BCUT2D eigenvalue weighted by Crippen LogP contribution is 2.29. The van der Waals surface area contributed by atoms with Crippen LogP contribution in [0.25, 0.3) is 0 Å². The predicted molar refractivity (Wildman–Crippen MR) is 95.4 cm³/mol. The number of hydrogen-bond acceptors (Lipinski definition) is 8. The third-order valence-corrected chi connectivity index (χ3v) is 5.78. The Labute approximate surface area is 155 Å². The molecule has 1 aromatic rings. The molecule has 3 rings (SSSR count). The van der Waals surface area contributed by atoms with Crippen molar-refractivity contribution in [3.63, 3.8) is 0 Å². The van der Waals surface area contributed by atoms with Gasteiger partial charge < -0.3 is 14.4 Å². The van der Waals surface area contributed by atoms with Crippen molar-refractivity contribution in [1.29, 1.82) is 0 Å². The van der Waals surface area contributed by atoms with Crippen LogP contribution in [0.3, 0.4) is 0 Å². The number of morpholine rings is 1. The molecule has 1 amide bonds. The van der Waals surface area contributed by atoms with Gasteiger partial charge in [0, 0.05) is 25.1 Å². The molecule has 1 unspecified atom stereocenters. The zero-order valence-corrected chi connectivity index (χ0v) is 15.7. The Morgan fingerprint density at radius 1 is 1.35 bits per heavy atom. The van der Waals surface area contributed by atoms with Crippen LogP contribution >= 0.6 is 12.0 Å². The first kappa shape index (κ1) is 19.2. The summed E-state index contributed by atoms with van der Waals surface area (Å²) in [6.45, 7) is 2.52. The van der Waals surface area contributed by atoms with E-state index in [1.54, 1.807) is 12.1 Å². The predicted octanol–water partition coefficient (Wildman–Crippen LogP) is 1.61. The van der Waals surface area contributed by atoms with E-state index in [1.165, 1.54) is 11.0 Å². The van der Waals surface area contributed by atoms with Gasteiger partial charge >= 0.3 is 6.09 Å². The number of cyclic esters (lactones) is 1. The maximum absolute atomic E-state index is 14.5. The number of halogens is 1. The summed E-state index contributed by atoms with van der Waals surface area (Å²) in [6.07, 6.45) is -0.212. The first-order valence-corrected chi connectivity index (χ1v) is 10.7. The molecule has 2 aliphatic heterocycles. The highest BCUT2D eigenvalue weighted by molar-refractivity contribution is 8.04. The van der Waals surface area contributed by atoms with Crippen LogP contribution < -0.4 is 9.80 Å². The van der Waals surface area contributed by atoms with Gasteiger partial charge in [-0.1, -0.05) is 0 Å². The average molecular weight is 406 g/mol. The standard InChI is InChI=1S/C15H19FN2O6S2/c1-26(20,21)24-25-10-12-9-18(15(19)23-12)11-2-3-14(13(16)8-11)17-4-6-22-7-5-17/h2-3,8,12H,4-7,9-10H2,1H3. The average Bonchev–Trinajstić information content (AvgIpc) is 2.95. The van der Waals surface area contributed by atoms with Gasteiger partial charge in [-0.05, 0) is 18.2 Å². The first-order valence-electron chi connectivity index (χ1n) is 7.95. The molecule has 2 aliphatic rings. The Balaban J connectivity index is 1.63. The minimum Gasteiger partial charge on any atom is -0.443 e. The molecule has 0 saturated carbocycles. The largest absolute Gasteiger partial charge is 0.443 e. The lowest BCUT2D eigenvalue weighted by Gasteiger charge is -2.29. The molecule has 2 fully saturated rings. The molecule has 144 valence electrons. The Hall–Kier alpha value is -1.56. The minimum atomic E-state index is -3.57. The summed E-state index contributed by atoms with van der Waals surface area (Å²) in [6, 6.07) is 4.60. The van der Waals surface area contributed by atoms with Crippen LogP contribution in [-0.2, 0) is 23.2 Å². The van der Waals surface area contributed by atoms with Crippen LogP contribution in [-0.4, -0.2) is 65.5 Å². The number of ether oxygens (including phenoxy) is 2. The van der Waals surface area contributed by atoms with E-state index in [2.05, 4.69) is 3.63 Å². The molecule has 0 aliphatic carbocycles. The lowest BCUT2D eigenvalue weighted by Crippen LogP contribution is -2.36. The van der Waals surface area contributed by atoms with E-state index >= 15 is 0 Å². The summed E-state index contributed by atoms with van der Waals surface area (Å²) in [5.74, 6) is -0.264. The van der Waals surface area contributed by atoms with E-state index in [1.807, 2.05) is 4.90 Å². The van der Waals surface area contributed by atoms with Gasteiger partial charge in [0.2, 0.25) is 0 Å². The normalized spacial score (nSPS) is 21.2. The Bertz CT molecular complexity index is 769. The molecule has 0 N–H and O–H groups in total. The molecule has 11 heteroatoms. The number of nitrogens with zero attached hydrogens (tertiary/aromatic N) is 2. The van der Waals surface area contributed by atoms with Crippen molar-refractivity contribution in [3.8, 4) is 0 Å². The fourth-order valence-corrected chi connectivity index (χ4v) is 3.98. The summed E-state index contributed by atoms with van der Waals surface area (Å²) in [5.41, 5.74) is 0.860. The lowest BCUT2D eigenvalue weighted by molar-refractivity contribution is 0.122. The molecule has 0 bridgehead atoms. The SMILES string of the molecule is CS(=O)(=O)OSCC1CN(c2ccc(N3CCOCC3)c(F)c2)C(=O)O1. The molecule has 2 saturated heterocycles. The fraction of sp³-hybridized carbons (Fsp3) is 0.533. The van der Waals surface area contributed by atoms with Crippen LogP contribution in [0.2, 0.25) is 0 Å². The van der Waals surface area contributed by atoms with Crippen LogP contribution in [0.4, 0.5) is 20.6 Å². The van der Waals surface area contributed by atoms with Crippen LogP contribution in [0, 0.1) is 5.82 Å². The lowest BCUT2D eigenvalue weighted by atomic mass is 10.2. The van der Waals surface area contributed by atoms with Crippen molar-refractivity contribution >= 4 is 39.6 Å². The maximum Gasteiger partial charge on any atom is 0.414 e. The van der Waals surface area contributed by atoms with Crippen molar-refractivity contribution in [1.82, 2.24) is 0 Å². The number of carbonyl (C=O) groups is 1. The number of benzene rings is 1. The van der Waals surface area contributed by atoms with Gasteiger partial charge in [-0.25, -0.2) is 9.18 Å². The van der Waals surface area contributed by atoms with Crippen molar-refractivity contribution in [3.05, 3.63) is 24.0 Å². The summed E-state index contributed by atoms with van der Waals surface area (Å²) in [7, 11) is -3.57. The van der Waals surface area contributed by atoms with Gasteiger partial charge in [0.15, 0.2) is 0 Å². The van der Waals surface area contributed by atoms with E-state index < -0.39 is 28.1 Å². The third kappa shape index (κ3) is 4.78. The number of hydrogen-bond donors (Lipinski definition) is 0. The van der Waals surface area contributed by atoms with Crippen molar-refractivity contribution < 1.29 is 30.7 Å². The molecule has 0 spiro atoms. The van der Waals surface area contributed by atoms with Crippen LogP contribution in [0.15, 0.2) is 18.2 Å². The topological polar surface area (TPSA) is 85.4 Å². The van der Waals surface area contributed by atoms with Gasteiger partial charge in [-0.3, -0.25) is 4.90 Å². The molecule has 26 heavy (non-hydrogen) atoms. The van der Waals surface area contributed by atoms with Crippen LogP contribution in [0.1, 0.15) is 0 Å². The van der Waals surface area contributed by atoms with E-state index in [0.29, 0.717) is 49.7 Å². The van der Waals surface area contributed by atoms with E-state index in [9.17, 15) is 17.6 Å². The van der Waals surface area contributed by atoms with Gasteiger partial charge in [-0.2, -0.15) is 12.0 Å². The summed E-state index contributed by atoms with van der Waals surface area (Å²) in [4.78, 5) is 15.2. The van der Waals surface area contributed by atoms with Gasteiger partial charge in [-0.15, -0.1) is 0 Å². The van der Waals surface area contributed by atoms with Crippen molar-refractivity contribution in [2.24, 2.45) is 0 Å². The fourth-order valence-electron chi connectivity index (χ4n) is 2.73. The monoisotopic (exact) mass is 406 g/mol. The molecule has 0 aromatic heterocycles. The third-order valence-electron chi connectivity index (χ3n) is 3.89. The minimum absolute atomic E-state index is 0.156. The summed E-state index contributed by atoms with van der Waals surface area (Å²) < 4.78 is 51.4. The first-order chi connectivity index (χ1) is 12.3. The van der Waals surface area contributed by atoms with Crippen LogP contribution in [0.5, 0.6) is 0 Å². The number of amides is 1. The molecule has 8 nitrogen and oxygen atoms in total. The van der Waals surface area contributed by atoms with E-state index in [-0.39, 0.29) is 12.3 Å². The second-order valence-corrected chi connectivity index (χ2v) is 8.43. The Kier molecular flexibility index (Phi) is 5.90.